The lowest BCUT2D eigenvalue weighted by Gasteiger charge is -2.18. The maximum atomic E-state index is 13.4. The third-order valence-corrected chi connectivity index (χ3v) is 4.34. The second-order valence-electron chi connectivity index (χ2n) is 7.14. The molecule has 2 aromatic carbocycles. The number of halogens is 1. The first-order valence-electron chi connectivity index (χ1n) is 9.67. The first-order chi connectivity index (χ1) is 13.9. The van der Waals surface area contributed by atoms with E-state index in [2.05, 4.69) is 24.5 Å². The summed E-state index contributed by atoms with van der Waals surface area (Å²) in [4.78, 5) is 12.3. The molecular weight excluding hydrogens is 375 g/mol. The predicted octanol–water partition coefficient (Wildman–Crippen LogP) is 4.50. The normalized spacial score (nSPS) is 11.8. The lowest BCUT2D eigenvalue weighted by Crippen LogP contribution is -2.34. The summed E-state index contributed by atoms with van der Waals surface area (Å²) in [5.41, 5.74) is 0.990. The molecule has 158 valence electrons. The minimum atomic E-state index is -0.726. The van der Waals surface area contributed by atoms with Crippen molar-refractivity contribution in [3.63, 3.8) is 0 Å². The standard InChI is InChI=1S/C22H29FN2O4/c1-15(2)6-5-11-29-21-13-18(9-10-20(21)28-3)24-22(27)25-19(14-26)16-7-4-8-17(23)12-16/h4,7-10,12-13,15,19,26H,5-6,11,14H2,1-3H3,(H2,24,25,27). The van der Waals surface area contributed by atoms with Gasteiger partial charge in [0.2, 0.25) is 0 Å². The molecule has 0 saturated carbocycles. The monoisotopic (exact) mass is 404 g/mol. The molecule has 2 amide bonds. The molecule has 0 spiro atoms. The van der Waals surface area contributed by atoms with E-state index in [1.54, 1.807) is 31.4 Å². The zero-order valence-electron chi connectivity index (χ0n) is 17.1. The van der Waals surface area contributed by atoms with Crippen LogP contribution in [0.4, 0.5) is 14.9 Å². The molecule has 1 atom stereocenters. The maximum absolute atomic E-state index is 13.4. The van der Waals surface area contributed by atoms with Crippen LogP contribution >= 0.6 is 0 Å². The van der Waals surface area contributed by atoms with Gasteiger partial charge in [-0.05, 0) is 48.6 Å². The maximum Gasteiger partial charge on any atom is 0.319 e. The van der Waals surface area contributed by atoms with E-state index in [1.807, 2.05) is 0 Å². The van der Waals surface area contributed by atoms with Crippen LogP contribution in [0.1, 0.15) is 38.3 Å². The topological polar surface area (TPSA) is 79.8 Å². The predicted molar refractivity (Wildman–Crippen MR) is 111 cm³/mol. The summed E-state index contributed by atoms with van der Waals surface area (Å²) in [6.07, 6.45) is 1.98. The number of nitrogens with one attached hydrogen (secondary N) is 2. The van der Waals surface area contributed by atoms with Crippen molar-refractivity contribution in [2.45, 2.75) is 32.7 Å². The number of carbonyl (C=O) groups is 1. The quantitative estimate of drug-likeness (QED) is 0.509. The molecule has 0 fully saturated rings. The lowest BCUT2D eigenvalue weighted by molar-refractivity contribution is 0.225. The third-order valence-electron chi connectivity index (χ3n) is 4.34. The van der Waals surface area contributed by atoms with E-state index >= 15 is 0 Å². The van der Waals surface area contributed by atoms with E-state index in [9.17, 15) is 14.3 Å². The van der Waals surface area contributed by atoms with Gasteiger partial charge in [0.25, 0.3) is 0 Å². The Labute approximate surface area is 171 Å². The summed E-state index contributed by atoms with van der Waals surface area (Å²) in [6, 6.07) is 9.58. The summed E-state index contributed by atoms with van der Waals surface area (Å²) in [5.74, 6) is 1.29. The molecular formula is C22H29FN2O4. The second kappa shape index (κ2) is 11.3. The van der Waals surface area contributed by atoms with E-state index in [1.165, 1.54) is 18.2 Å². The van der Waals surface area contributed by atoms with Gasteiger partial charge in [-0.15, -0.1) is 0 Å². The molecule has 2 aromatic rings. The molecule has 7 heteroatoms. The first-order valence-corrected chi connectivity index (χ1v) is 9.67. The van der Waals surface area contributed by atoms with Gasteiger partial charge in [0.15, 0.2) is 11.5 Å². The summed E-state index contributed by atoms with van der Waals surface area (Å²) in [7, 11) is 1.56. The highest BCUT2D eigenvalue weighted by atomic mass is 19.1. The Hall–Kier alpha value is -2.80. The fraction of sp³-hybridized carbons (Fsp3) is 0.409. The Bertz CT molecular complexity index is 798. The average Bonchev–Trinajstić information content (AvgIpc) is 2.69. The highest BCUT2D eigenvalue weighted by molar-refractivity contribution is 5.90. The van der Waals surface area contributed by atoms with Crippen LogP contribution < -0.4 is 20.1 Å². The molecule has 0 saturated heterocycles. The Morgan fingerprint density at radius 2 is 1.97 bits per heavy atom. The van der Waals surface area contributed by atoms with Gasteiger partial charge in [-0.2, -0.15) is 0 Å². The average molecular weight is 404 g/mol. The number of aliphatic hydroxyl groups is 1. The molecule has 29 heavy (non-hydrogen) atoms. The summed E-state index contributed by atoms with van der Waals surface area (Å²) in [5, 5.41) is 14.9. The lowest BCUT2D eigenvalue weighted by atomic mass is 10.1. The number of aliphatic hydroxyl groups excluding tert-OH is 1. The van der Waals surface area contributed by atoms with Gasteiger partial charge in [-0.1, -0.05) is 26.0 Å². The van der Waals surface area contributed by atoms with Crippen molar-refractivity contribution in [3.05, 3.63) is 53.8 Å². The van der Waals surface area contributed by atoms with Gasteiger partial charge in [-0.25, -0.2) is 9.18 Å². The Balaban J connectivity index is 2.00. The molecule has 6 nitrogen and oxygen atoms in total. The van der Waals surface area contributed by atoms with Crippen molar-refractivity contribution < 1.29 is 23.8 Å². The van der Waals surface area contributed by atoms with Crippen molar-refractivity contribution in [1.29, 1.82) is 0 Å². The van der Waals surface area contributed by atoms with Gasteiger partial charge in [0.1, 0.15) is 5.82 Å². The molecule has 0 bridgehead atoms. The number of carbonyl (C=O) groups excluding carboxylic acids is 1. The van der Waals surface area contributed by atoms with Gasteiger partial charge in [-0.3, -0.25) is 0 Å². The van der Waals surface area contributed by atoms with Gasteiger partial charge in [0.05, 0.1) is 26.4 Å². The number of rotatable bonds is 10. The minimum Gasteiger partial charge on any atom is -0.493 e. The van der Waals surface area contributed by atoms with Gasteiger partial charge < -0.3 is 25.2 Å². The number of hydrogen-bond acceptors (Lipinski definition) is 4. The van der Waals surface area contributed by atoms with Crippen LogP contribution in [0.3, 0.4) is 0 Å². The van der Waals surface area contributed by atoms with Crippen molar-refractivity contribution >= 4 is 11.7 Å². The molecule has 0 aromatic heterocycles. The zero-order valence-corrected chi connectivity index (χ0v) is 17.1. The van der Waals surface area contributed by atoms with E-state index in [-0.39, 0.29) is 6.61 Å². The molecule has 0 aliphatic rings. The molecule has 0 heterocycles. The van der Waals surface area contributed by atoms with Crippen molar-refractivity contribution in [2.24, 2.45) is 5.92 Å². The highest BCUT2D eigenvalue weighted by Crippen LogP contribution is 2.30. The Morgan fingerprint density at radius 1 is 1.17 bits per heavy atom. The van der Waals surface area contributed by atoms with Gasteiger partial charge in [0, 0.05) is 11.8 Å². The fourth-order valence-corrected chi connectivity index (χ4v) is 2.82. The van der Waals surface area contributed by atoms with Crippen LogP contribution in [-0.4, -0.2) is 31.5 Å². The van der Waals surface area contributed by atoms with E-state index < -0.39 is 17.9 Å². The van der Waals surface area contributed by atoms with Crippen molar-refractivity contribution in [2.75, 3.05) is 25.6 Å². The summed E-state index contributed by atoms with van der Waals surface area (Å²) in [6.45, 7) is 4.51. The van der Waals surface area contributed by atoms with Crippen molar-refractivity contribution in [1.82, 2.24) is 5.32 Å². The van der Waals surface area contributed by atoms with Crippen LogP contribution in [0.25, 0.3) is 0 Å². The molecule has 2 rings (SSSR count). The molecule has 0 aliphatic heterocycles. The Morgan fingerprint density at radius 3 is 2.62 bits per heavy atom. The number of benzene rings is 2. The van der Waals surface area contributed by atoms with Crippen LogP contribution in [0.5, 0.6) is 11.5 Å². The van der Waals surface area contributed by atoms with Crippen LogP contribution in [0, 0.1) is 11.7 Å². The highest BCUT2D eigenvalue weighted by Gasteiger charge is 2.15. The molecule has 1 unspecified atom stereocenters. The van der Waals surface area contributed by atoms with E-state index in [4.69, 9.17) is 9.47 Å². The zero-order chi connectivity index (χ0) is 21.2. The number of amides is 2. The van der Waals surface area contributed by atoms with Crippen LogP contribution in [0.2, 0.25) is 0 Å². The van der Waals surface area contributed by atoms with E-state index in [0.717, 1.165) is 12.8 Å². The largest absolute Gasteiger partial charge is 0.493 e. The first kappa shape index (κ1) is 22.5. The third kappa shape index (κ3) is 7.27. The molecule has 3 N–H and O–H groups in total. The number of urea groups is 1. The SMILES string of the molecule is COc1ccc(NC(=O)NC(CO)c2cccc(F)c2)cc1OCCCC(C)C. The van der Waals surface area contributed by atoms with Crippen LogP contribution in [-0.2, 0) is 0 Å². The van der Waals surface area contributed by atoms with Crippen molar-refractivity contribution in [3.8, 4) is 11.5 Å². The van der Waals surface area contributed by atoms with E-state index in [0.29, 0.717) is 35.3 Å². The summed E-state index contributed by atoms with van der Waals surface area (Å²) >= 11 is 0. The minimum absolute atomic E-state index is 0.357. The number of anilines is 1. The Kier molecular flexibility index (Phi) is 8.73. The molecule has 0 radical (unpaired) electrons. The number of methoxy groups -OCH3 is 1. The van der Waals surface area contributed by atoms with Gasteiger partial charge >= 0.3 is 6.03 Å². The number of hydrogen-bond donors (Lipinski definition) is 3. The summed E-state index contributed by atoms with van der Waals surface area (Å²) < 4.78 is 24.5. The fourth-order valence-electron chi connectivity index (χ4n) is 2.82. The smallest absolute Gasteiger partial charge is 0.319 e. The number of ether oxygens (including phenoxy) is 2. The van der Waals surface area contributed by atoms with Crippen LogP contribution in [0.15, 0.2) is 42.5 Å². The second-order valence-corrected chi connectivity index (χ2v) is 7.14. The molecule has 0 aliphatic carbocycles.